The summed E-state index contributed by atoms with van der Waals surface area (Å²) in [6.07, 6.45) is 0. The Morgan fingerprint density at radius 3 is 2.14 bits per heavy atom. The summed E-state index contributed by atoms with van der Waals surface area (Å²) >= 11 is 3.36. The summed E-state index contributed by atoms with van der Waals surface area (Å²) in [4.78, 5) is 12.1. The molecule has 2 aromatic rings. The van der Waals surface area contributed by atoms with Crippen molar-refractivity contribution in [2.24, 2.45) is 0 Å². The first-order valence-electron chi connectivity index (χ1n) is 6.28. The minimum absolute atomic E-state index is 0.223. The van der Waals surface area contributed by atoms with Crippen LogP contribution in [0.2, 0.25) is 0 Å². The van der Waals surface area contributed by atoms with Crippen molar-refractivity contribution in [3.63, 3.8) is 0 Å². The molecule has 0 saturated carbocycles. The topological polar surface area (TPSA) is 44.8 Å². The van der Waals surface area contributed by atoms with E-state index < -0.39 is 5.97 Å². The van der Waals surface area contributed by atoms with Crippen LogP contribution in [0, 0.1) is 0 Å². The number of carbonyl (C=O) groups is 1. The van der Waals surface area contributed by atoms with E-state index in [9.17, 15) is 4.79 Å². The number of ether oxygens (including phenoxy) is 3. The number of rotatable bonds is 5. The van der Waals surface area contributed by atoms with E-state index in [-0.39, 0.29) is 6.61 Å². The first kappa shape index (κ1) is 15.4. The first-order chi connectivity index (χ1) is 10.2. The Morgan fingerprint density at radius 1 is 1.05 bits per heavy atom. The van der Waals surface area contributed by atoms with Crippen LogP contribution >= 0.6 is 15.9 Å². The van der Waals surface area contributed by atoms with Gasteiger partial charge in [-0.2, -0.15) is 0 Å². The van der Waals surface area contributed by atoms with Gasteiger partial charge < -0.3 is 14.2 Å². The Morgan fingerprint density at radius 2 is 1.62 bits per heavy atom. The Kier molecular flexibility index (Phi) is 5.22. The second-order valence-corrected chi connectivity index (χ2v) is 5.05. The Labute approximate surface area is 131 Å². The van der Waals surface area contributed by atoms with Crippen LogP contribution in [-0.4, -0.2) is 20.2 Å². The molecule has 0 atom stereocenters. The molecular weight excluding hydrogens is 336 g/mol. The fourth-order valence-electron chi connectivity index (χ4n) is 1.79. The van der Waals surface area contributed by atoms with Crippen LogP contribution in [-0.2, 0) is 11.3 Å². The fourth-order valence-corrected chi connectivity index (χ4v) is 2.35. The van der Waals surface area contributed by atoms with Gasteiger partial charge in [-0.15, -0.1) is 0 Å². The fraction of sp³-hybridized carbons (Fsp3) is 0.188. The zero-order valence-electron chi connectivity index (χ0n) is 11.8. The van der Waals surface area contributed by atoms with Crippen molar-refractivity contribution in [1.82, 2.24) is 0 Å². The predicted molar refractivity (Wildman–Crippen MR) is 82.8 cm³/mol. The number of hydrogen-bond donors (Lipinski definition) is 0. The maximum absolute atomic E-state index is 12.1. The summed E-state index contributed by atoms with van der Waals surface area (Å²) < 4.78 is 16.4. The average molecular weight is 351 g/mol. The lowest BCUT2D eigenvalue weighted by Crippen LogP contribution is -2.06. The Bertz CT molecular complexity index is 600. The summed E-state index contributed by atoms with van der Waals surface area (Å²) in [5.41, 5.74) is 1.31. The number of carbonyl (C=O) groups excluding carboxylic acids is 1. The van der Waals surface area contributed by atoms with Gasteiger partial charge in [-0.25, -0.2) is 4.79 Å². The number of esters is 1. The quantitative estimate of drug-likeness (QED) is 0.769. The highest BCUT2D eigenvalue weighted by atomic mass is 79.9. The third-order valence-electron chi connectivity index (χ3n) is 2.89. The van der Waals surface area contributed by atoms with Crippen molar-refractivity contribution in [3.8, 4) is 11.5 Å². The molecule has 0 radical (unpaired) electrons. The van der Waals surface area contributed by atoms with Gasteiger partial charge in [-0.05, 0) is 33.6 Å². The molecule has 0 aliphatic rings. The highest BCUT2D eigenvalue weighted by molar-refractivity contribution is 9.10. The normalized spacial score (nSPS) is 10.0. The van der Waals surface area contributed by atoms with Gasteiger partial charge in [0.05, 0.1) is 19.8 Å². The molecule has 0 heterocycles. The van der Waals surface area contributed by atoms with Crippen LogP contribution in [0.15, 0.2) is 46.9 Å². The second-order valence-electron chi connectivity index (χ2n) is 4.26. The molecule has 2 rings (SSSR count). The summed E-state index contributed by atoms with van der Waals surface area (Å²) in [7, 11) is 3.05. The molecule has 0 aliphatic heterocycles. The number of hydrogen-bond acceptors (Lipinski definition) is 4. The molecule has 0 bridgehead atoms. The van der Waals surface area contributed by atoms with Gasteiger partial charge in [0.1, 0.15) is 22.6 Å². The van der Waals surface area contributed by atoms with Crippen LogP contribution in [0.3, 0.4) is 0 Å². The zero-order chi connectivity index (χ0) is 15.2. The number of methoxy groups -OCH3 is 2. The van der Waals surface area contributed by atoms with Crippen LogP contribution in [0.1, 0.15) is 15.9 Å². The van der Waals surface area contributed by atoms with Crippen molar-refractivity contribution in [3.05, 3.63) is 58.1 Å². The summed E-state index contributed by atoms with van der Waals surface area (Å²) in [5.74, 6) is 0.602. The second kappa shape index (κ2) is 7.13. The van der Waals surface area contributed by atoms with Crippen molar-refractivity contribution < 1.29 is 19.0 Å². The monoisotopic (exact) mass is 350 g/mol. The Balaban J connectivity index is 2.15. The van der Waals surface area contributed by atoms with Gasteiger partial charge in [0.25, 0.3) is 0 Å². The number of benzene rings is 2. The third kappa shape index (κ3) is 3.76. The van der Waals surface area contributed by atoms with Crippen LogP contribution in [0.25, 0.3) is 0 Å². The predicted octanol–water partition coefficient (Wildman–Crippen LogP) is 3.82. The molecule has 0 N–H and O–H groups in total. The van der Waals surface area contributed by atoms with Crippen LogP contribution in [0.5, 0.6) is 11.5 Å². The molecule has 0 aromatic heterocycles. The van der Waals surface area contributed by atoms with Gasteiger partial charge in [0.15, 0.2) is 0 Å². The van der Waals surface area contributed by atoms with E-state index in [1.165, 1.54) is 14.2 Å². The standard InChI is InChI=1S/C16H15BrO4/c1-19-13-8-12(9-14(20-2)15(13)17)16(18)21-10-11-6-4-3-5-7-11/h3-9H,10H2,1-2H3. The van der Waals surface area contributed by atoms with E-state index in [0.717, 1.165) is 5.56 Å². The zero-order valence-corrected chi connectivity index (χ0v) is 13.3. The summed E-state index contributed by atoms with van der Waals surface area (Å²) in [6, 6.07) is 12.7. The van der Waals surface area contributed by atoms with Crippen molar-refractivity contribution in [2.75, 3.05) is 14.2 Å². The molecule has 0 fully saturated rings. The smallest absolute Gasteiger partial charge is 0.338 e. The van der Waals surface area contributed by atoms with E-state index >= 15 is 0 Å². The van der Waals surface area contributed by atoms with Crippen LogP contribution < -0.4 is 9.47 Å². The summed E-state index contributed by atoms with van der Waals surface area (Å²) in [5, 5.41) is 0. The van der Waals surface area contributed by atoms with E-state index in [0.29, 0.717) is 21.5 Å². The highest BCUT2D eigenvalue weighted by Crippen LogP contribution is 2.35. The van der Waals surface area contributed by atoms with Gasteiger partial charge in [0, 0.05) is 0 Å². The van der Waals surface area contributed by atoms with Gasteiger partial charge in [0.2, 0.25) is 0 Å². The average Bonchev–Trinajstić information content (AvgIpc) is 2.53. The molecule has 0 spiro atoms. The van der Waals surface area contributed by atoms with E-state index in [2.05, 4.69) is 15.9 Å². The molecule has 0 aliphatic carbocycles. The maximum Gasteiger partial charge on any atom is 0.338 e. The minimum atomic E-state index is -0.428. The maximum atomic E-state index is 12.1. The third-order valence-corrected chi connectivity index (χ3v) is 3.68. The first-order valence-corrected chi connectivity index (χ1v) is 7.07. The molecular formula is C16H15BrO4. The van der Waals surface area contributed by atoms with Gasteiger partial charge in [-0.3, -0.25) is 0 Å². The molecule has 4 nitrogen and oxygen atoms in total. The summed E-state index contributed by atoms with van der Waals surface area (Å²) in [6.45, 7) is 0.223. The molecule has 0 unspecified atom stereocenters. The highest BCUT2D eigenvalue weighted by Gasteiger charge is 2.15. The molecule has 5 heteroatoms. The van der Waals surface area contributed by atoms with Crippen molar-refractivity contribution in [1.29, 1.82) is 0 Å². The van der Waals surface area contributed by atoms with E-state index in [4.69, 9.17) is 14.2 Å². The SMILES string of the molecule is COc1cc(C(=O)OCc2ccccc2)cc(OC)c1Br. The molecule has 0 amide bonds. The van der Waals surface area contributed by atoms with Crippen LogP contribution in [0.4, 0.5) is 0 Å². The lowest BCUT2D eigenvalue weighted by molar-refractivity contribution is 0.0472. The lowest BCUT2D eigenvalue weighted by Gasteiger charge is -2.11. The molecule has 0 saturated heterocycles. The number of halogens is 1. The van der Waals surface area contributed by atoms with E-state index in [1.54, 1.807) is 12.1 Å². The lowest BCUT2D eigenvalue weighted by atomic mass is 10.2. The van der Waals surface area contributed by atoms with Crippen molar-refractivity contribution >= 4 is 21.9 Å². The molecule has 21 heavy (non-hydrogen) atoms. The van der Waals surface area contributed by atoms with E-state index in [1.807, 2.05) is 30.3 Å². The molecule has 110 valence electrons. The van der Waals surface area contributed by atoms with Crippen molar-refractivity contribution in [2.45, 2.75) is 6.61 Å². The largest absolute Gasteiger partial charge is 0.495 e. The minimum Gasteiger partial charge on any atom is -0.495 e. The molecule has 2 aromatic carbocycles. The van der Waals surface area contributed by atoms with Gasteiger partial charge >= 0.3 is 5.97 Å². The van der Waals surface area contributed by atoms with Gasteiger partial charge in [-0.1, -0.05) is 30.3 Å². The Hall–Kier alpha value is -2.01.